The number of para-hydroxylation sites is 1. The number of carbonyl (C=O) groups is 1. The second-order valence-corrected chi connectivity index (χ2v) is 16.8. The number of rotatable bonds is 11. The fourth-order valence-corrected chi connectivity index (χ4v) is 11.9. The average molecular weight is 677 g/mol. The van der Waals surface area contributed by atoms with Crippen LogP contribution < -0.4 is 5.32 Å². The van der Waals surface area contributed by atoms with E-state index in [2.05, 4.69) is 15.3 Å². The maximum atomic E-state index is 15.0. The molecule has 2 atom stereocenters. The van der Waals surface area contributed by atoms with Crippen molar-refractivity contribution in [2.24, 2.45) is 5.92 Å². The number of sulfonamides is 2. The van der Waals surface area contributed by atoms with E-state index in [0.717, 1.165) is 54.3 Å². The predicted octanol–water partition coefficient (Wildman–Crippen LogP) is 6.44. The highest BCUT2D eigenvalue weighted by atomic mass is 32.3. The van der Waals surface area contributed by atoms with Gasteiger partial charge in [0.15, 0.2) is 0 Å². The van der Waals surface area contributed by atoms with Crippen LogP contribution in [0.25, 0.3) is 10.9 Å². The minimum atomic E-state index is -4.80. The minimum Gasteiger partial charge on any atom is -0.361 e. The molecular weight excluding hydrogens is 641 g/mol. The smallest absolute Gasteiger partial charge is 0.266 e. The number of fused-ring (bicyclic) bond motifs is 1. The number of thiophene rings is 1. The van der Waals surface area contributed by atoms with Crippen molar-refractivity contribution in [1.82, 2.24) is 19.0 Å². The molecule has 2 unspecified atom stereocenters. The van der Waals surface area contributed by atoms with Gasteiger partial charge in [0.1, 0.15) is 9.75 Å². The summed E-state index contributed by atoms with van der Waals surface area (Å²) in [4.78, 5) is 22.5. The third-order valence-electron chi connectivity index (χ3n) is 8.74. The van der Waals surface area contributed by atoms with Crippen molar-refractivity contribution in [3.63, 3.8) is 0 Å². The maximum Gasteiger partial charge on any atom is 0.266 e. The molecule has 12 heteroatoms. The Morgan fingerprint density at radius 3 is 2.35 bits per heavy atom. The number of nitrogens with zero attached hydrogens (tertiary/aromatic N) is 2. The molecule has 0 bridgehead atoms. The van der Waals surface area contributed by atoms with Crippen molar-refractivity contribution < 1.29 is 21.6 Å². The van der Waals surface area contributed by atoms with Gasteiger partial charge in [-0.1, -0.05) is 71.5 Å². The summed E-state index contributed by atoms with van der Waals surface area (Å²) in [5.41, 5.74) is -0.0948. The molecule has 3 heterocycles. The molecule has 1 saturated carbocycles. The Morgan fingerprint density at radius 1 is 0.935 bits per heavy atom. The van der Waals surface area contributed by atoms with E-state index in [0.29, 0.717) is 15.0 Å². The highest BCUT2D eigenvalue weighted by Gasteiger charge is 2.55. The molecule has 2 N–H and O–H groups in total. The van der Waals surface area contributed by atoms with Gasteiger partial charge in [-0.2, -0.15) is 0 Å². The largest absolute Gasteiger partial charge is 0.361 e. The summed E-state index contributed by atoms with van der Waals surface area (Å²) in [7, 11) is -9.57. The van der Waals surface area contributed by atoms with Gasteiger partial charge in [-0.3, -0.25) is 9.78 Å². The average Bonchev–Trinajstić information content (AvgIpc) is 3.76. The molecule has 1 aliphatic carbocycles. The Balaban J connectivity index is 1.55. The normalized spacial score (nSPS) is 16.7. The van der Waals surface area contributed by atoms with Gasteiger partial charge in [0, 0.05) is 29.7 Å². The zero-order valence-corrected chi connectivity index (χ0v) is 27.8. The van der Waals surface area contributed by atoms with Crippen molar-refractivity contribution in [3.8, 4) is 0 Å². The van der Waals surface area contributed by atoms with Crippen LogP contribution in [0, 0.1) is 5.92 Å². The van der Waals surface area contributed by atoms with Crippen LogP contribution in [0.5, 0.6) is 0 Å². The highest BCUT2D eigenvalue weighted by molar-refractivity contribution is 8.05. The lowest BCUT2D eigenvalue weighted by molar-refractivity contribution is -0.129. The molecule has 6 rings (SSSR count). The quantitative estimate of drug-likeness (QED) is 0.166. The molecule has 2 aromatic carbocycles. The predicted molar refractivity (Wildman–Crippen MR) is 179 cm³/mol. The summed E-state index contributed by atoms with van der Waals surface area (Å²) >= 11 is 0.899. The Morgan fingerprint density at radius 2 is 1.65 bits per heavy atom. The van der Waals surface area contributed by atoms with Gasteiger partial charge in [-0.05, 0) is 73.0 Å². The number of aromatic nitrogens is 2. The molecule has 0 saturated heterocycles. The first kappa shape index (κ1) is 32.1. The van der Waals surface area contributed by atoms with Crippen molar-refractivity contribution in [1.29, 1.82) is 0 Å². The Bertz CT molecular complexity index is 2010. The van der Waals surface area contributed by atoms with Crippen LogP contribution >= 0.6 is 11.3 Å². The lowest BCUT2D eigenvalue weighted by Crippen LogP contribution is -2.62. The molecule has 240 valence electrons. The van der Waals surface area contributed by atoms with Crippen LogP contribution in [0.3, 0.4) is 0 Å². The van der Waals surface area contributed by atoms with E-state index in [1.165, 1.54) is 37.3 Å². The van der Waals surface area contributed by atoms with Gasteiger partial charge in [-0.15, -0.1) is 11.3 Å². The molecule has 1 aliphatic rings. The number of benzene rings is 2. The van der Waals surface area contributed by atoms with Gasteiger partial charge in [0.05, 0.1) is 16.6 Å². The van der Waals surface area contributed by atoms with Crippen LogP contribution in [0.2, 0.25) is 0 Å². The van der Waals surface area contributed by atoms with Crippen molar-refractivity contribution in [3.05, 3.63) is 114 Å². The van der Waals surface area contributed by atoms with E-state index in [9.17, 15) is 21.6 Å². The summed E-state index contributed by atoms with van der Waals surface area (Å²) < 4.78 is 58.7. The van der Waals surface area contributed by atoms with E-state index in [-0.39, 0.29) is 21.4 Å². The molecule has 46 heavy (non-hydrogen) atoms. The molecule has 1 amide bonds. The zero-order chi connectivity index (χ0) is 32.4. The third-order valence-corrected chi connectivity index (χ3v) is 14.7. The Kier molecular flexibility index (Phi) is 9.15. The maximum absolute atomic E-state index is 15.0. The number of hydrogen-bond donors (Lipinski definition) is 2. The molecule has 9 nitrogen and oxygen atoms in total. The van der Waals surface area contributed by atoms with Gasteiger partial charge in [0.2, 0.25) is 5.91 Å². The minimum absolute atomic E-state index is 0.0537. The number of pyridine rings is 1. The fraction of sp³-hybridized carbons (Fsp3) is 0.294. The van der Waals surface area contributed by atoms with Gasteiger partial charge >= 0.3 is 0 Å². The van der Waals surface area contributed by atoms with Crippen LogP contribution in [0.1, 0.15) is 56.3 Å². The second-order valence-electron chi connectivity index (χ2n) is 11.9. The third kappa shape index (κ3) is 6.14. The number of hydrogen-bond acceptors (Lipinski definition) is 7. The first-order chi connectivity index (χ1) is 22.1. The molecule has 1 fully saturated rings. The number of aromatic amines is 1. The van der Waals surface area contributed by atoms with E-state index in [4.69, 9.17) is 0 Å². The summed E-state index contributed by atoms with van der Waals surface area (Å²) in [5.74, 6) is -0.670. The van der Waals surface area contributed by atoms with E-state index < -0.39 is 37.5 Å². The van der Waals surface area contributed by atoms with Crippen molar-refractivity contribution in [2.45, 2.75) is 66.1 Å². The SMILES string of the molecule is CC(Cc1c[nH]c2ccccc12)(C(=O)NC(c1ccccn1)C1CCCCC1)N(S(=O)(=O)c1ccccc1)S(=O)(=O)c1cccs1. The first-order valence-electron chi connectivity index (χ1n) is 15.3. The molecule has 0 radical (unpaired) electrons. The summed E-state index contributed by atoms with van der Waals surface area (Å²) in [6, 6.07) is 22.7. The van der Waals surface area contributed by atoms with Crippen LogP contribution in [0.4, 0.5) is 0 Å². The number of amides is 1. The van der Waals surface area contributed by atoms with E-state index in [1.54, 1.807) is 36.0 Å². The Labute approximate surface area is 273 Å². The van der Waals surface area contributed by atoms with E-state index in [1.807, 2.05) is 36.4 Å². The topological polar surface area (TPSA) is 129 Å². The lowest BCUT2D eigenvalue weighted by atomic mass is 9.82. The lowest BCUT2D eigenvalue weighted by Gasteiger charge is -2.40. The standard InChI is InChI=1S/C34H36N4O5S3/c1-34(23-26-24-36-29-18-9-8-17-28(26)29,33(39)37-32(25-13-4-2-5-14-25)30-19-10-11-21-35-30)38(46(42,43)31-20-12-22-44-31)45(40,41)27-15-6-3-7-16-27/h3,6-12,15-22,24-25,32,36H,2,4-5,13-14,23H2,1H3,(H,37,39). The van der Waals surface area contributed by atoms with Crippen LogP contribution in [0.15, 0.2) is 112 Å². The molecule has 0 aliphatic heterocycles. The monoisotopic (exact) mass is 676 g/mol. The number of nitrogens with one attached hydrogen (secondary N) is 2. The molecular formula is C34H36N4O5S3. The van der Waals surface area contributed by atoms with Gasteiger partial charge in [-0.25, -0.2) is 16.8 Å². The van der Waals surface area contributed by atoms with Crippen LogP contribution in [-0.4, -0.2) is 42.0 Å². The highest BCUT2D eigenvalue weighted by Crippen LogP contribution is 2.39. The van der Waals surface area contributed by atoms with Crippen molar-refractivity contribution in [2.75, 3.05) is 0 Å². The number of carbonyl (C=O) groups excluding carboxylic acids is 1. The number of H-pyrrole nitrogens is 1. The first-order valence-corrected chi connectivity index (χ1v) is 19.0. The molecule has 0 spiro atoms. The van der Waals surface area contributed by atoms with Crippen LogP contribution in [-0.2, 0) is 31.3 Å². The summed E-state index contributed by atoms with van der Waals surface area (Å²) in [6.07, 6.45) is 7.96. The summed E-state index contributed by atoms with van der Waals surface area (Å²) in [6.45, 7) is 1.41. The van der Waals surface area contributed by atoms with Crippen molar-refractivity contribution >= 4 is 48.2 Å². The van der Waals surface area contributed by atoms with Gasteiger partial charge in [0.25, 0.3) is 20.0 Å². The second kappa shape index (κ2) is 13.1. The van der Waals surface area contributed by atoms with Gasteiger partial charge < -0.3 is 10.3 Å². The zero-order valence-electron chi connectivity index (χ0n) is 25.4. The molecule has 3 aromatic heterocycles. The van der Waals surface area contributed by atoms with E-state index >= 15 is 0 Å². The Hall–Kier alpha value is -3.84. The molecule has 5 aromatic rings. The summed E-state index contributed by atoms with van der Waals surface area (Å²) in [5, 5.41) is 5.48. The fourth-order valence-electron chi connectivity index (χ4n) is 6.47.